The maximum absolute atomic E-state index is 12.4. The van der Waals surface area contributed by atoms with E-state index in [0.717, 1.165) is 11.1 Å². The van der Waals surface area contributed by atoms with Crippen LogP contribution in [0.15, 0.2) is 52.9 Å². The molecule has 7 nitrogen and oxygen atoms in total. The lowest BCUT2D eigenvalue weighted by atomic mass is 10.1. The predicted molar refractivity (Wildman–Crippen MR) is 120 cm³/mol. The van der Waals surface area contributed by atoms with Crippen LogP contribution in [-0.4, -0.2) is 41.6 Å². The van der Waals surface area contributed by atoms with Gasteiger partial charge in [-0.1, -0.05) is 24.3 Å². The second-order valence-electron chi connectivity index (χ2n) is 6.91. The number of oxazole rings is 1. The number of aryl methyl sites for hydroxylation is 1. The number of carbonyl (C=O) groups excluding carboxylic acids is 1. The molecule has 0 bridgehead atoms. The van der Waals surface area contributed by atoms with Gasteiger partial charge >= 0.3 is 0 Å². The maximum Gasteiger partial charge on any atom is 0.232 e. The summed E-state index contributed by atoms with van der Waals surface area (Å²) >= 11 is 0. The molecule has 2 aromatic carbocycles. The number of hydrogen-bond acceptors (Lipinski definition) is 6. The fraction of sp³-hybridized carbons (Fsp3) is 0.304. The van der Waals surface area contributed by atoms with Gasteiger partial charge in [-0.3, -0.25) is 9.00 Å². The van der Waals surface area contributed by atoms with Crippen molar-refractivity contribution in [2.45, 2.75) is 19.1 Å². The number of methoxy groups -OCH3 is 2. The van der Waals surface area contributed by atoms with Gasteiger partial charge in [0.25, 0.3) is 0 Å². The molecule has 1 heterocycles. The average Bonchev–Trinajstić information content (AvgIpc) is 3.14. The van der Waals surface area contributed by atoms with Gasteiger partial charge in [0, 0.05) is 22.9 Å². The Kier molecular flexibility index (Phi) is 7.83. The summed E-state index contributed by atoms with van der Waals surface area (Å²) in [6.07, 6.45) is 0.627. The third kappa shape index (κ3) is 6.18. The van der Waals surface area contributed by atoms with Gasteiger partial charge in [-0.15, -0.1) is 0 Å². The first-order valence-corrected chi connectivity index (χ1v) is 11.3. The van der Waals surface area contributed by atoms with Gasteiger partial charge in [0.1, 0.15) is 11.5 Å². The minimum Gasteiger partial charge on any atom is -0.493 e. The van der Waals surface area contributed by atoms with Crippen LogP contribution in [0.2, 0.25) is 0 Å². The topological polar surface area (TPSA) is 90.7 Å². The van der Waals surface area contributed by atoms with E-state index in [2.05, 4.69) is 10.3 Å². The smallest absolute Gasteiger partial charge is 0.232 e. The quantitative estimate of drug-likeness (QED) is 0.518. The van der Waals surface area contributed by atoms with Crippen molar-refractivity contribution in [3.63, 3.8) is 0 Å². The Morgan fingerprint density at radius 1 is 1.10 bits per heavy atom. The van der Waals surface area contributed by atoms with E-state index in [9.17, 15) is 9.00 Å². The Morgan fingerprint density at radius 3 is 2.55 bits per heavy atom. The summed E-state index contributed by atoms with van der Waals surface area (Å²) < 4.78 is 28.6. The summed E-state index contributed by atoms with van der Waals surface area (Å²) in [5.41, 5.74) is 2.47. The van der Waals surface area contributed by atoms with Crippen molar-refractivity contribution in [3.8, 4) is 23.0 Å². The summed E-state index contributed by atoms with van der Waals surface area (Å²) in [6, 6.07) is 15.1. The van der Waals surface area contributed by atoms with E-state index in [4.69, 9.17) is 13.9 Å². The molecule has 1 unspecified atom stereocenters. The number of aromatic nitrogens is 1. The van der Waals surface area contributed by atoms with Gasteiger partial charge in [-0.2, -0.15) is 0 Å². The lowest BCUT2D eigenvalue weighted by Crippen LogP contribution is -2.30. The van der Waals surface area contributed by atoms with Crippen molar-refractivity contribution >= 4 is 16.7 Å². The summed E-state index contributed by atoms with van der Waals surface area (Å²) in [5.74, 6) is 2.23. The van der Waals surface area contributed by atoms with Crippen molar-refractivity contribution in [1.82, 2.24) is 10.3 Å². The first kappa shape index (κ1) is 22.6. The molecule has 1 N–H and O–H groups in total. The SMILES string of the molecule is COc1ccc(CCNC(=O)CS(=O)Cc2nc(-c3ccccc3)oc2C)cc1OC. The standard InChI is InChI=1S/C23H26N2O5S/c1-16-19(25-23(30-16)18-7-5-4-6-8-18)14-31(27)15-22(26)24-12-11-17-9-10-20(28-2)21(13-17)29-3/h4-10,13H,11-12,14-15H2,1-3H3,(H,24,26). The zero-order valence-electron chi connectivity index (χ0n) is 17.8. The molecule has 3 rings (SSSR count). The van der Waals surface area contributed by atoms with Crippen molar-refractivity contribution in [2.24, 2.45) is 0 Å². The van der Waals surface area contributed by atoms with Crippen LogP contribution >= 0.6 is 0 Å². The molecule has 0 aliphatic rings. The highest BCUT2D eigenvalue weighted by molar-refractivity contribution is 7.84. The van der Waals surface area contributed by atoms with Crippen LogP contribution < -0.4 is 14.8 Å². The van der Waals surface area contributed by atoms with E-state index in [1.165, 1.54) is 0 Å². The molecule has 0 saturated carbocycles. The van der Waals surface area contributed by atoms with E-state index in [-0.39, 0.29) is 17.4 Å². The molecule has 0 radical (unpaired) electrons. The number of nitrogens with zero attached hydrogens (tertiary/aromatic N) is 1. The minimum absolute atomic E-state index is 0.0844. The number of benzene rings is 2. The average molecular weight is 443 g/mol. The van der Waals surface area contributed by atoms with Crippen molar-refractivity contribution < 1.29 is 22.9 Å². The summed E-state index contributed by atoms with van der Waals surface area (Å²) in [7, 11) is 1.78. The number of ether oxygens (including phenoxy) is 2. The Balaban J connectivity index is 1.48. The summed E-state index contributed by atoms with van der Waals surface area (Å²) in [4.78, 5) is 16.6. The van der Waals surface area contributed by atoms with Crippen LogP contribution in [0.1, 0.15) is 17.0 Å². The van der Waals surface area contributed by atoms with Crippen LogP contribution in [-0.2, 0) is 27.8 Å². The normalized spacial score (nSPS) is 11.7. The molecule has 1 amide bonds. The Morgan fingerprint density at radius 2 is 1.84 bits per heavy atom. The highest BCUT2D eigenvalue weighted by Gasteiger charge is 2.16. The van der Waals surface area contributed by atoms with E-state index >= 15 is 0 Å². The highest BCUT2D eigenvalue weighted by Crippen LogP contribution is 2.27. The molecule has 8 heteroatoms. The number of hydrogen-bond donors (Lipinski definition) is 1. The summed E-state index contributed by atoms with van der Waals surface area (Å²) in [6.45, 7) is 2.22. The second-order valence-corrected chi connectivity index (χ2v) is 8.36. The van der Waals surface area contributed by atoms with E-state index in [1.54, 1.807) is 21.1 Å². The van der Waals surface area contributed by atoms with Gasteiger partial charge in [-0.25, -0.2) is 4.98 Å². The molecule has 31 heavy (non-hydrogen) atoms. The van der Waals surface area contributed by atoms with Gasteiger partial charge in [-0.05, 0) is 43.2 Å². The zero-order chi connectivity index (χ0) is 22.2. The van der Waals surface area contributed by atoms with E-state index in [0.29, 0.717) is 41.8 Å². The number of rotatable bonds is 10. The molecule has 0 aliphatic heterocycles. The van der Waals surface area contributed by atoms with E-state index in [1.807, 2.05) is 48.5 Å². The predicted octanol–water partition coefficient (Wildman–Crippen LogP) is 3.27. The number of carbonyl (C=O) groups is 1. The first-order valence-electron chi connectivity index (χ1n) is 9.84. The van der Waals surface area contributed by atoms with Crippen molar-refractivity contribution in [3.05, 3.63) is 65.5 Å². The lowest BCUT2D eigenvalue weighted by Gasteiger charge is -2.10. The van der Waals surface area contributed by atoms with Crippen molar-refractivity contribution in [1.29, 1.82) is 0 Å². The summed E-state index contributed by atoms with van der Waals surface area (Å²) in [5, 5.41) is 2.81. The third-order valence-corrected chi connectivity index (χ3v) is 5.87. The lowest BCUT2D eigenvalue weighted by molar-refractivity contribution is -0.118. The van der Waals surface area contributed by atoms with Crippen LogP contribution in [0.3, 0.4) is 0 Å². The number of nitrogens with one attached hydrogen (secondary N) is 1. The highest BCUT2D eigenvalue weighted by atomic mass is 32.2. The molecule has 0 fully saturated rings. The molecule has 1 aromatic heterocycles. The number of amides is 1. The van der Waals surface area contributed by atoms with Gasteiger partial charge in [0.2, 0.25) is 11.8 Å². The molecular formula is C23H26N2O5S. The second kappa shape index (κ2) is 10.8. The molecule has 1 atom stereocenters. The zero-order valence-corrected chi connectivity index (χ0v) is 18.7. The molecular weight excluding hydrogens is 416 g/mol. The Labute approximate surface area is 184 Å². The fourth-order valence-electron chi connectivity index (χ4n) is 3.05. The van der Waals surface area contributed by atoms with Gasteiger partial charge in [0.15, 0.2) is 11.5 Å². The van der Waals surface area contributed by atoms with E-state index < -0.39 is 10.8 Å². The maximum atomic E-state index is 12.4. The molecule has 0 saturated heterocycles. The van der Waals surface area contributed by atoms with Crippen LogP contribution in [0.25, 0.3) is 11.5 Å². The van der Waals surface area contributed by atoms with Crippen LogP contribution in [0.5, 0.6) is 11.5 Å². The largest absolute Gasteiger partial charge is 0.493 e. The Bertz CT molecular complexity index is 1050. The van der Waals surface area contributed by atoms with Crippen molar-refractivity contribution in [2.75, 3.05) is 26.5 Å². The van der Waals surface area contributed by atoms with Gasteiger partial charge in [0.05, 0.1) is 25.7 Å². The Hall–Kier alpha value is -3.13. The van der Waals surface area contributed by atoms with Crippen LogP contribution in [0, 0.1) is 6.92 Å². The first-order chi connectivity index (χ1) is 15.0. The fourth-order valence-corrected chi connectivity index (χ4v) is 4.12. The minimum atomic E-state index is -1.38. The molecule has 164 valence electrons. The molecule has 0 spiro atoms. The monoisotopic (exact) mass is 442 g/mol. The van der Waals surface area contributed by atoms with Crippen LogP contribution in [0.4, 0.5) is 0 Å². The molecule has 0 aliphatic carbocycles. The third-order valence-electron chi connectivity index (χ3n) is 4.69. The van der Waals surface area contributed by atoms with Gasteiger partial charge < -0.3 is 19.2 Å². The molecule has 3 aromatic rings.